The van der Waals surface area contributed by atoms with Crippen molar-refractivity contribution in [1.82, 2.24) is 25.4 Å². The number of hydrogen-bond acceptors (Lipinski definition) is 4. The zero-order valence-electron chi connectivity index (χ0n) is 14.1. The second-order valence-corrected chi connectivity index (χ2v) is 6.69. The Morgan fingerprint density at radius 3 is 2.68 bits per heavy atom. The predicted octanol–water partition coefficient (Wildman–Crippen LogP) is 3.34. The molecule has 0 unspecified atom stereocenters. The Hall–Kier alpha value is -2.67. The Morgan fingerprint density at radius 2 is 2.04 bits per heavy atom. The van der Waals surface area contributed by atoms with E-state index in [4.69, 9.17) is 0 Å². The molecule has 7 heteroatoms. The normalized spacial score (nSPS) is 11.9. The van der Waals surface area contributed by atoms with Crippen LogP contribution in [-0.2, 0) is 13.1 Å². The molecule has 130 valence electrons. The monoisotopic (exact) mass is 355 g/mol. The molecule has 25 heavy (non-hydrogen) atoms. The molecule has 1 aromatic carbocycles. The fraction of sp³-hybridized carbons (Fsp3) is 0.278. The van der Waals surface area contributed by atoms with Gasteiger partial charge < -0.3 is 10.6 Å². The summed E-state index contributed by atoms with van der Waals surface area (Å²) >= 11 is 1.66. The molecule has 0 aliphatic carbocycles. The molecule has 1 atom stereocenters. The van der Waals surface area contributed by atoms with E-state index in [-0.39, 0.29) is 12.1 Å². The molecule has 2 aromatic heterocycles. The number of thiophene rings is 1. The van der Waals surface area contributed by atoms with Gasteiger partial charge in [0.2, 0.25) is 0 Å². The smallest absolute Gasteiger partial charge is 0.315 e. The van der Waals surface area contributed by atoms with E-state index in [9.17, 15) is 4.79 Å². The molecule has 0 fully saturated rings. The van der Waals surface area contributed by atoms with Crippen LogP contribution in [0.15, 0.2) is 54.4 Å². The molecule has 0 radical (unpaired) electrons. The Balaban J connectivity index is 1.48. The topological polar surface area (TPSA) is 71.8 Å². The molecular formula is C18H21N5OS. The average Bonchev–Trinajstić information content (AvgIpc) is 3.33. The third-order valence-corrected chi connectivity index (χ3v) is 4.87. The highest BCUT2D eigenvalue weighted by molar-refractivity contribution is 7.10. The summed E-state index contributed by atoms with van der Waals surface area (Å²) in [5, 5.41) is 12.1. The summed E-state index contributed by atoms with van der Waals surface area (Å²) in [5.74, 6) is 0. The zero-order valence-corrected chi connectivity index (χ0v) is 14.9. The number of carbonyl (C=O) groups excluding carboxylic acids is 1. The van der Waals surface area contributed by atoms with E-state index in [1.54, 1.807) is 22.3 Å². The number of hydrogen-bond donors (Lipinski definition) is 2. The fourth-order valence-electron chi connectivity index (χ4n) is 2.52. The molecule has 0 spiro atoms. The lowest BCUT2D eigenvalue weighted by Gasteiger charge is -2.16. The highest BCUT2D eigenvalue weighted by Gasteiger charge is 2.13. The predicted molar refractivity (Wildman–Crippen MR) is 98.3 cm³/mol. The van der Waals surface area contributed by atoms with Crippen molar-refractivity contribution in [1.29, 1.82) is 0 Å². The van der Waals surface area contributed by atoms with Crippen LogP contribution < -0.4 is 10.6 Å². The van der Waals surface area contributed by atoms with E-state index in [1.807, 2.05) is 41.8 Å². The van der Waals surface area contributed by atoms with E-state index in [0.717, 1.165) is 17.5 Å². The lowest BCUT2D eigenvalue weighted by atomic mass is 10.1. The molecule has 0 aliphatic heterocycles. The van der Waals surface area contributed by atoms with Crippen molar-refractivity contribution in [3.8, 4) is 0 Å². The lowest BCUT2D eigenvalue weighted by molar-refractivity contribution is 0.236. The fourth-order valence-corrected chi connectivity index (χ4v) is 3.38. The van der Waals surface area contributed by atoms with Gasteiger partial charge in [0.1, 0.15) is 12.7 Å². The number of urea groups is 1. The molecule has 2 N–H and O–H groups in total. The molecule has 2 heterocycles. The quantitative estimate of drug-likeness (QED) is 0.683. The molecule has 0 saturated heterocycles. The van der Waals surface area contributed by atoms with Gasteiger partial charge in [0, 0.05) is 11.4 Å². The standard InChI is InChI=1S/C18H21N5OS/c1-2-16(17-4-3-9-25-17)22-18(24)20-10-14-5-7-15(8-6-14)11-23-13-19-12-21-23/h3-9,12-13,16H,2,10-11H2,1H3,(H2,20,22,24)/t16-/m1/s1. The first-order valence-corrected chi connectivity index (χ1v) is 9.10. The maximum Gasteiger partial charge on any atom is 0.315 e. The summed E-state index contributed by atoms with van der Waals surface area (Å²) < 4.78 is 1.77. The molecular weight excluding hydrogens is 334 g/mol. The second-order valence-electron chi connectivity index (χ2n) is 5.71. The minimum atomic E-state index is -0.146. The first-order chi connectivity index (χ1) is 12.2. The maximum atomic E-state index is 12.1. The van der Waals surface area contributed by atoms with Crippen molar-refractivity contribution in [3.05, 3.63) is 70.4 Å². The first kappa shape index (κ1) is 17.2. The van der Waals surface area contributed by atoms with Gasteiger partial charge in [-0.3, -0.25) is 0 Å². The van der Waals surface area contributed by atoms with Gasteiger partial charge in [-0.1, -0.05) is 37.3 Å². The summed E-state index contributed by atoms with van der Waals surface area (Å²) in [6.45, 7) is 3.25. The van der Waals surface area contributed by atoms with Gasteiger partial charge in [0.15, 0.2) is 0 Å². The number of nitrogens with one attached hydrogen (secondary N) is 2. The van der Waals surface area contributed by atoms with Crippen LogP contribution in [0.5, 0.6) is 0 Å². The van der Waals surface area contributed by atoms with Crippen molar-refractivity contribution in [2.75, 3.05) is 0 Å². The number of rotatable bonds is 7. The summed E-state index contributed by atoms with van der Waals surface area (Å²) in [5.41, 5.74) is 2.20. The van der Waals surface area contributed by atoms with E-state index in [1.165, 1.54) is 11.2 Å². The SMILES string of the molecule is CC[C@@H](NC(=O)NCc1ccc(Cn2cncn2)cc1)c1cccs1. The molecule has 0 saturated carbocycles. The van der Waals surface area contributed by atoms with E-state index in [2.05, 4.69) is 27.6 Å². The number of amides is 2. The minimum Gasteiger partial charge on any atom is -0.334 e. The second kappa shape index (κ2) is 8.43. The van der Waals surface area contributed by atoms with Crippen LogP contribution in [0.3, 0.4) is 0 Å². The van der Waals surface area contributed by atoms with Gasteiger partial charge in [-0.05, 0) is 29.0 Å². The Morgan fingerprint density at radius 1 is 1.24 bits per heavy atom. The van der Waals surface area contributed by atoms with Crippen LogP contribution >= 0.6 is 11.3 Å². The van der Waals surface area contributed by atoms with Crippen LogP contribution in [0.4, 0.5) is 4.79 Å². The Kier molecular flexibility index (Phi) is 5.79. The molecule has 2 amide bonds. The summed E-state index contributed by atoms with van der Waals surface area (Å²) in [7, 11) is 0. The van der Waals surface area contributed by atoms with Crippen LogP contribution in [0.25, 0.3) is 0 Å². The van der Waals surface area contributed by atoms with Gasteiger partial charge in [0.25, 0.3) is 0 Å². The Bertz CT molecular complexity index is 768. The van der Waals surface area contributed by atoms with Crippen LogP contribution in [0.1, 0.15) is 35.4 Å². The van der Waals surface area contributed by atoms with Crippen LogP contribution in [0, 0.1) is 0 Å². The van der Waals surface area contributed by atoms with Crippen LogP contribution in [0.2, 0.25) is 0 Å². The largest absolute Gasteiger partial charge is 0.334 e. The number of benzene rings is 1. The first-order valence-electron chi connectivity index (χ1n) is 8.22. The van der Waals surface area contributed by atoms with Crippen LogP contribution in [-0.4, -0.2) is 20.8 Å². The minimum absolute atomic E-state index is 0.0602. The Labute approximate surface area is 150 Å². The van der Waals surface area contributed by atoms with Crippen molar-refractivity contribution in [2.24, 2.45) is 0 Å². The van der Waals surface area contributed by atoms with E-state index < -0.39 is 0 Å². The average molecular weight is 355 g/mol. The summed E-state index contributed by atoms with van der Waals surface area (Å²) in [6.07, 6.45) is 4.08. The molecule has 3 rings (SSSR count). The number of aromatic nitrogens is 3. The highest BCUT2D eigenvalue weighted by atomic mass is 32.1. The van der Waals surface area contributed by atoms with Crippen molar-refractivity contribution in [3.63, 3.8) is 0 Å². The summed E-state index contributed by atoms with van der Waals surface area (Å²) in [4.78, 5) is 17.2. The zero-order chi connectivity index (χ0) is 17.5. The van der Waals surface area contributed by atoms with Crippen molar-refractivity contribution in [2.45, 2.75) is 32.5 Å². The van der Waals surface area contributed by atoms with E-state index in [0.29, 0.717) is 13.1 Å². The molecule has 0 aliphatic rings. The lowest BCUT2D eigenvalue weighted by Crippen LogP contribution is -2.37. The van der Waals surface area contributed by atoms with Gasteiger partial charge in [-0.2, -0.15) is 5.10 Å². The van der Waals surface area contributed by atoms with Gasteiger partial charge >= 0.3 is 6.03 Å². The summed E-state index contributed by atoms with van der Waals surface area (Å²) in [6, 6.07) is 12.1. The van der Waals surface area contributed by atoms with Crippen molar-refractivity contribution < 1.29 is 4.79 Å². The van der Waals surface area contributed by atoms with E-state index >= 15 is 0 Å². The molecule has 0 bridgehead atoms. The van der Waals surface area contributed by atoms with Gasteiger partial charge in [0.05, 0.1) is 12.6 Å². The van der Waals surface area contributed by atoms with Gasteiger partial charge in [-0.25, -0.2) is 14.5 Å². The number of carbonyl (C=O) groups is 1. The maximum absolute atomic E-state index is 12.1. The number of nitrogens with zero attached hydrogens (tertiary/aromatic N) is 3. The van der Waals surface area contributed by atoms with Crippen molar-refractivity contribution >= 4 is 17.4 Å². The third kappa shape index (κ3) is 4.90. The van der Waals surface area contributed by atoms with Gasteiger partial charge in [-0.15, -0.1) is 11.3 Å². The molecule has 6 nitrogen and oxygen atoms in total. The third-order valence-electron chi connectivity index (χ3n) is 3.89. The highest BCUT2D eigenvalue weighted by Crippen LogP contribution is 2.21. The molecule has 3 aromatic rings.